The Morgan fingerprint density at radius 1 is 1.16 bits per heavy atom. The Hall–Kier alpha value is -3.68. The van der Waals surface area contributed by atoms with Gasteiger partial charge in [0, 0.05) is 36.7 Å². The molecule has 3 amide bonds. The Morgan fingerprint density at radius 2 is 2.00 bits per heavy atom. The molecule has 0 unspecified atom stereocenters. The first-order chi connectivity index (χ1) is 15.5. The Balaban J connectivity index is 1.47. The first kappa shape index (κ1) is 21.5. The zero-order chi connectivity index (χ0) is 22.5. The third-order valence-corrected chi connectivity index (χ3v) is 5.56. The maximum atomic E-state index is 13.3. The van der Waals surface area contributed by atoms with Crippen molar-refractivity contribution in [2.24, 2.45) is 7.05 Å². The van der Waals surface area contributed by atoms with Crippen molar-refractivity contribution in [1.82, 2.24) is 14.4 Å². The fourth-order valence-corrected chi connectivity index (χ4v) is 3.57. The third-order valence-electron chi connectivity index (χ3n) is 5.56. The Bertz CT molecular complexity index is 1060. The van der Waals surface area contributed by atoms with E-state index >= 15 is 0 Å². The molecular formula is C24H28N4O4. The lowest BCUT2D eigenvalue weighted by Crippen LogP contribution is -2.45. The number of benzene rings is 1. The number of furan rings is 1. The van der Waals surface area contributed by atoms with Gasteiger partial charge in [-0.15, -0.1) is 0 Å². The zero-order valence-corrected chi connectivity index (χ0v) is 18.4. The number of methoxy groups -OCH3 is 1. The quantitative estimate of drug-likeness (QED) is 0.553. The summed E-state index contributed by atoms with van der Waals surface area (Å²) in [7, 11) is 3.53. The first-order valence-corrected chi connectivity index (χ1v) is 10.7. The van der Waals surface area contributed by atoms with Gasteiger partial charge < -0.3 is 28.8 Å². The van der Waals surface area contributed by atoms with Crippen molar-refractivity contribution < 1.29 is 18.7 Å². The van der Waals surface area contributed by atoms with E-state index in [4.69, 9.17) is 9.15 Å². The molecule has 0 atom stereocenters. The van der Waals surface area contributed by atoms with Gasteiger partial charge in [0.1, 0.15) is 18.1 Å². The second kappa shape index (κ2) is 9.64. The van der Waals surface area contributed by atoms with Crippen molar-refractivity contribution in [3.05, 3.63) is 72.4 Å². The molecule has 1 N–H and O–H groups in total. The van der Waals surface area contributed by atoms with Gasteiger partial charge in [-0.2, -0.15) is 0 Å². The van der Waals surface area contributed by atoms with Gasteiger partial charge in [0.2, 0.25) is 5.91 Å². The van der Waals surface area contributed by atoms with Gasteiger partial charge in [-0.1, -0.05) is 6.07 Å². The average molecular weight is 437 g/mol. The van der Waals surface area contributed by atoms with Crippen molar-refractivity contribution in [3.63, 3.8) is 0 Å². The minimum Gasteiger partial charge on any atom is -0.497 e. The van der Waals surface area contributed by atoms with Crippen molar-refractivity contribution in [2.75, 3.05) is 19.0 Å². The standard InChI is InChI=1S/C24H28N4O4/c1-26-12-4-7-20(26)15-27(16-22-9-5-13-32-22)23(29)17-28(19-10-11-19)24(30)25-18-6-3-8-21(14-18)31-2/h3-9,12-14,19H,10-11,15-17H2,1-2H3,(H,25,30). The topological polar surface area (TPSA) is 80.0 Å². The van der Waals surface area contributed by atoms with Crippen LogP contribution in [0.3, 0.4) is 0 Å². The van der Waals surface area contributed by atoms with Crippen molar-refractivity contribution in [1.29, 1.82) is 0 Å². The zero-order valence-electron chi connectivity index (χ0n) is 18.4. The molecule has 168 valence electrons. The summed E-state index contributed by atoms with van der Waals surface area (Å²) in [5.41, 5.74) is 1.63. The molecule has 0 aliphatic heterocycles. The smallest absolute Gasteiger partial charge is 0.322 e. The van der Waals surface area contributed by atoms with Crippen LogP contribution in [0, 0.1) is 0 Å². The van der Waals surface area contributed by atoms with Gasteiger partial charge in [0.05, 0.1) is 26.5 Å². The summed E-state index contributed by atoms with van der Waals surface area (Å²) in [5.74, 6) is 1.23. The van der Waals surface area contributed by atoms with Crippen LogP contribution in [-0.4, -0.2) is 46.0 Å². The number of hydrogen-bond acceptors (Lipinski definition) is 4. The summed E-state index contributed by atoms with van der Waals surface area (Å²) >= 11 is 0. The second-order valence-electron chi connectivity index (χ2n) is 7.96. The Kier molecular flexibility index (Phi) is 6.49. The molecule has 1 aliphatic carbocycles. The van der Waals surface area contributed by atoms with Crippen LogP contribution in [-0.2, 0) is 24.9 Å². The SMILES string of the molecule is COc1cccc(NC(=O)N(CC(=O)N(Cc2ccco2)Cc2cccn2C)C2CC2)c1. The summed E-state index contributed by atoms with van der Waals surface area (Å²) in [5, 5.41) is 2.90. The van der Waals surface area contributed by atoms with Crippen LogP contribution in [0.25, 0.3) is 0 Å². The van der Waals surface area contributed by atoms with Crippen molar-refractivity contribution >= 4 is 17.6 Å². The number of aryl methyl sites for hydroxylation is 1. The van der Waals surface area contributed by atoms with E-state index in [1.807, 2.05) is 48.1 Å². The molecule has 8 nitrogen and oxygen atoms in total. The van der Waals surface area contributed by atoms with Crippen LogP contribution in [0.1, 0.15) is 24.3 Å². The van der Waals surface area contributed by atoms with Gasteiger partial charge >= 0.3 is 6.03 Å². The number of carbonyl (C=O) groups excluding carboxylic acids is 2. The van der Waals surface area contributed by atoms with E-state index < -0.39 is 0 Å². The molecule has 4 rings (SSSR count). The van der Waals surface area contributed by atoms with E-state index in [-0.39, 0.29) is 24.5 Å². The van der Waals surface area contributed by atoms with E-state index in [2.05, 4.69) is 5.32 Å². The van der Waals surface area contributed by atoms with Gasteiger partial charge in [-0.05, 0) is 49.2 Å². The molecule has 2 heterocycles. The van der Waals surface area contributed by atoms with E-state index in [0.717, 1.165) is 18.5 Å². The number of rotatable bonds is 9. The Morgan fingerprint density at radius 3 is 2.66 bits per heavy atom. The minimum atomic E-state index is -0.286. The highest BCUT2D eigenvalue weighted by molar-refractivity contribution is 5.93. The molecule has 2 aromatic heterocycles. The van der Waals surface area contributed by atoms with Crippen LogP contribution < -0.4 is 10.1 Å². The molecule has 3 aromatic rings. The molecule has 8 heteroatoms. The third kappa shape index (κ3) is 5.32. The predicted octanol–water partition coefficient (Wildman–Crippen LogP) is 3.85. The minimum absolute atomic E-state index is 0.00556. The van der Waals surface area contributed by atoms with Crippen LogP contribution in [0.15, 0.2) is 65.4 Å². The van der Waals surface area contributed by atoms with Crippen molar-refractivity contribution in [2.45, 2.75) is 32.0 Å². The maximum Gasteiger partial charge on any atom is 0.322 e. The van der Waals surface area contributed by atoms with Crippen LogP contribution in [0.2, 0.25) is 0 Å². The maximum absolute atomic E-state index is 13.3. The van der Waals surface area contributed by atoms with Gasteiger partial charge in [0.25, 0.3) is 0 Å². The normalized spacial score (nSPS) is 12.9. The number of nitrogens with zero attached hydrogens (tertiary/aromatic N) is 3. The highest BCUT2D eigenvalue weighted by atomic mass is 16.5. The molecule has 0 spiro atoms. The number of amides is 3. The highest BCUT2D eigenvalue weighted by Crippen LogP contribution is 2.28. The fourth-order valence-electron chi connectivity index (χ4n) is 3.57. The van der Waals surface area contributed by atoms with Crippen molar-refractivity contribution in [3.8, 4) is 5.75 Å². The number of ether oxygens (including phenoxy) is 1. The number of carbonyl (C=O) groups is 2. The van der Waals surface area contributed by atoms with E-state index in [0.29, 0.717) is 30.3 Å². The highest BCUT2D eigenvalue weighted by Gasteiger charge is 2.35. The average Bonchev–Trinajstić information content (AvgIpc) is 3.35. The van der Waals surface area contributed by atoms with Gasteiger partial charge in [0.15, 0.2) is 0 Å². The van der Waals surface area contributed by atoms with Gasteiger partial charge in [-0.3, -0.25) is 4.79 Å². The number of aromatic nitrogens is 1. The van der Waals surface area contributed by atoms with Crippen LogP contribution in [0.4, 0.5) is 10.5 Å². The molecule has 1 saturated carbocycles. The second-order valence-corrected chi connectivity index (χ2v) is 7.96. The molecule has 0 radical (unpaired) electrons. The Labute approximate surface area is 187 Å². The largest absolute Gasteiger partial charge is 0.497 e. The monoisotopic (exact) mass is 436 g/mol. The summed E-state index contributed by atoms with van der Waals surface area (Å²) in [6, 6.07) is 14.5. The summed E-state index contributed by atoms with van der Waals surface area (Å²) in [4.78, 5) is 29.7. The number of hydrogen-bond donors (Lipinski definition) is 1. The fraction of sp³-hybridized carbons (Fsp3) is 0.333. The van der Waals surface area contributed by atoms with E-state index in [1.165, 1.54) is 0 Å². The number of anilines is 1. The van der Waals surface area contributed by atoms with Gasteiger partial charge in [-0.25, -0.2) is 4.79 Å². The molecule has 32 heavy (non-hydrogen) atoms. The summed E-state index contributed by atoms with van der Waals surface area (Å²) < 4.78 is 12.7. The first-order valence-electron chi connectivity index (χ1n) is 10.7. The van der Waals surface area contributed by atoms with E-state index in [1.54, 1.807) is 41.4 Å². The molecule has 1 aromatic carbocycles. The predicted molar refractivity (Wildman–Crippen MR) is 120 cm³/mol. The molecule has 0 bridgehead atoms. The lowest BCUT2D eigenvalue weighted by Gasteiger charge is -2.27. The number of nitrogens with one attached hydrogen (secondary N) is 1. The van der Waals surface area contributed by atoms with Crippen LogP contribution in [0.5, 0.6) is 5.75 Å². The number of urea groups is 1. The molecule has 0 saturated heterocycles. The summed E-state index contributed by atoms with van der Waals surface area (Å²) in [6.07, 6.45) is 5.34. The van der Waals surface area contributed by atoms with E-state index in [9.17, 15) is 9.59 Å². The van der Waals surface area contributed by atoms with Crippen LogP contribution >= 0.6 is 0 Å². The lowest BCUT2D eigenvalue weighted by atomic mass is 10.3. The molecular weight excluding hydrogens is 408 g/mol. The summed E-state index contributed by atoms with van der Waals surface area (Å²) in [6.45, 7) is 0.775. The molecule has 1 aliphatic rings. The molecule has 1 fully saturated rings. The lowest BCUT2D eigenvalue weighted by molar-refractivity contribution is -0.133.